The molecule has 0 saturated carbocycles. The molecule has 42 heavy (non-hydrogen) atoms. The van der Waals surface area contributed by atoms with E-state index in [-0.39, 0.29) is 6.61 Å². The second kappa shape index (κ2) is 14.6. The lowest BCUT2D eigenvalue weighted by atomic mass is 9.92. The zero-order valence-electron chi connectivity index (χ0n) is 25.0. The van der Waals surface area contributed by atoms with Crippen molar-refractivity contribution in [2.24, 2.45) is 0 Å². The van der Waals surface area contributed by atoms with E-state index in [0.29, 0.717) is 24.7 Å². The maximum Gasteiger partial charge on any atom is 0.254 e. The molecule has 2 aromatic carbocycles. The highest BCUT2D eigenvalue weighted by molar-refractivity contribution is 6.14. The van der Waals surface area contributed by atoms with Gasteiger partial charge in [-0.15, -0.1) is 0 Å². The van der Waals surface area contributed by atoms with Gasteiger partial charge >= 0.3 is 0 Å². The number of rotatable bonds is 11. The molecule has 2 heterocycles. The third-order valence-corrected chi connectivity index (χ3v) is 7.90. The largest absolute Gasteiger partial charge is 0.376 e. The first kappa shape index (κ1) is 31.4. The molecular formula is C33H41N3O6. The Morgan fingerprint density at radius 3 is 2.24 bits per heavy atom. The zero-order valence-corrected chi connectivity index (χ0v) is 25.0. The molecule has 9 heteroatoms. The zero-order chi connectivity index (χ0) is 30.1. The number of hydrogen-bond donors (Lipinski definition) is 1. The molecule has 4 rings (SSSR count). The standard InChI is InChI=1S/C33H41N3O6/c1-5-40-28-21-36(22-28)20-26-13-11-24(12-14-26)9-10-25-15-17-27(18-16-25)31(38)35(4)33(2,32(39)34-3)29(37)23-42-30-8-6-7-19-41-30/h11-18,28,30H,5-8,19-23H2,1-4H3,(H,34,39)/t30?,33-/m1/s1. The normalized spacial score (nSPS) is 18.6. The van der Waals surface area contributed by atoms with Gasteiger partial charge in [0.2, 0.25) is 0 Å². The van der Waals surface area contributed by atoms with Gasteiger partial charge in [-0.25, -0.2) is 0 Å². The third kappa shape index (κ3) is 7.64. The summed E-state index contributed by atoms with van der Waals surface area (Å²) in [6, 6.07) is 15.0. The maximum atomic E-state index is 13.4. The van der Waals surface area contributed by atoms with Crippen LogP contribution in [-0.4, -0.2) is 92.3 Å². The van der Waals surface area contributed by atoms with Crippen molar-refractivity contribution in [1.82, 2.24) is 15.1 Å². The van der Waals surface area contributed by atoms with Crippen LogP contribution in [0.2, 0.25) is 0 Å². The van der Waals surface area contributed by atoms with E-state index in [0.717, 1.165) is 50.2 Å². The fourth-order valence-corrected chi connectivity index (χ4v) is 5.04. The van der Waals surface area contributed by atoms with Gasteiger partial charge in [-0.2, -0.15) is 0 Å². The van der Waals surface area contributed by atoms with E-state index in [4.69, 9.17) is 14.2 Å². The Kier molecular flexibility index (Phi) is 10.9. The summed E-state index contributed by atoms with van der Waals surface area (Å²) in [4.78, 5) is 43.0. The van der Waals surface area contributed by atoms with E-state index in [2.05, 4.69) is 34.2 Å². The second-order valence-electron chi connectivity index (χ2n) is 10.8. The van der Waals surface area contributed by atoms with Crippen molar-refractivity contribution < 1.29 is 28.6 Å². The van der Waals surface area contributed by atoms with Gasteiger partial charge in [0.1, 0.15) is 6.61 Å². The first-order valence-corrected chi connectivity index (χ1v) is 14.6. The molecule has 0 aliphatic carbocycles. The molecule has 2 saturated heterocycles. The molecule has 2 aliphatic rings. The van der Waals surface area contributed by atoms with Gasteiger partial charge < -0.3 is 24.4 Å². The summed E-state index contributed by atoms with van der Waals surface area (Å²) in [6.45, 7) is 7.28. The van der Waals surface area contributed by atoms with E-state index in [1.165, 1.54) is 31.5 Å². The number of ether oxygens (including phenoxy) is 3. The highest BCUT2D eigenvalue weighted by atomic mass is 16.7. The van der Waals surface area contributed by atoms with E-state index in [9.17, 15) is 14.4 Å². The lowest BCUT2D eigenvalue weighted by molar-refractivity contribution is -0.174. The highest BCUT2D eigenvalue weighted by Crippen LogP contribution is 2.21. The predicted molar refractivity (Wildman–Crippen MR) is 159 cm³/mol. The Labute approximate surface area is 248 Å². The number of Topliss-reactive ketones (excluding diaryl/α,β-unsaturated/α-hetero) is 1. The van der Waals surface area contributed by atoms with Crippen molar-refractivity contribution in [3.63, 3.8) is 0 Å². The van der Waals surface area contributed by atoms with Crippen LogP contribution in [0.15, 0.2) is 48.5 Å². The van der Waals surface area contributed by atoms with Crippen LogP contribution >= 0.6 is 0 Å². The summed E-state index contributed by atoms with van der Waals surface area (Å²) >= 11 is 0. The van der Waals surface area contributed by atoms with Gasteiger partial charge in [-0.05, 0) is 75.1 Å². The summed E-state index contributed by atoms with van der Waals surface area (Å²) in [6.07, 6.45) is 2.46. The van der Waals surface area contributed by atoms with Crippen molar-refractivity contribution in [2.45, 2.75) is 57.6 Å². The highest BCUT2D eigenvalue weighted by Gasteiger charge is 2.46. The first-order valence-electron chi connectivity index (χ1n) is 14.6. The minimum Gasteiger partial charge on any atom is -0.376 e. The summed E-state index contributed by atoms with van der Waals surface area (Å²) in [5, 5.41) is 2.51. The smallest absolute Gasteiger partial charge is 0.254 e. The van der Waals surface area contributed by atoms with Gasteiger partial charge in [0.05, 0.1) is 6.10 Å². The minimum absolute atomic E-state index is 0.337. The van der Waals surface area contributed by atoms with Crippen molar-refractivity contribution in [1.29, 1.82) is 0 Å². The molecule has 2 atom stereocenters. The average molecular weight is 576 g/mol. The Hall–Kier alpha value is -3.55. The molecule has 0 aromatic heterocycles. The fourth-order valence-electron chi connectivity index (χ4n) is 5.04. The van der Waals surface area contributed by atoms with Crippen LogP contribution < -0.4 is 5.32 Å². The monoisotopic (exact) mass is 575 g/mol. The lowest BCUT2D eigenvalue weighted by Crippen LogP contribution is -2.62. The minimum atomic E-state index is -1.76. The number of benzene rings is 2. The molecule has 2 aliphatic heterocycles. The number of carbonyl (C=O) groups is 3. The predicted octanol–water partition coefficient (Wildman–Crippen LogP) is 3.00. The van der Waals surface area contributed by atoms with Crippen molar-refractivity contribution >= 4 is 17.6 Å². The van der Waals surface area contributed by atoms with Gasteiger partial charge in [0.15, 0.2) is 17.6 Å². The number of nitrogens with one attached hydrogen (secondary N) is 1. The SMILES string of the molecule is CCOC1CN(Cc2ccc(C#Cc3ccc(C(=O)N(C)[C@](C)(C(=O)COC4CCCCO4)C(=O)NC)cc3)cc2)C1. The van der Waals surface area contributed by atoms with Crippen LogP contribution in [-0.2, 0) is 30.3 Å². The van der Waals surface area contributed by atoms with E-state index >= 15 is 0 Å². The van der Waals surface area contributed by atoms with Crippen molar-refractivity contribution in [3.8, 4) is 11.8 Å². The van der Waals surface area contributed by atoms with Crippen LogP contribution in [0.5, 0.6) is 0 Å². The van der Waals surface area contributed by atoms with Crippen LogP contribution in [0.3, 0.4) is 0 Å². The molecule has 0 radical (unpaired) electrons. The van der Waals surface area contributed by atoms with Gasteiger partial charge in [-0.1, -0.05) is 24.0 Å². The Balaban J connectivity index is 1.36. The number of likely N-dealkylation sites (N-methyl/N-ethyl adjacent to an activating group) is 2. The van der Waals surface area contributed by atoms with Gasteiger partial charge in [-0.3, -0.25) is 19.3 Å². The topological polar surface area (TPSA) is 97.4 Å². The summed E-state index contributed by atoms with van der Waals surface area (Å²) < 4.78 is 16.8. The molecule has 0 spiro atoms. The maximum absolute atomic E-state index is 13.4. The number of likely N-dealkylation sites (tertiary alicyclic amines) is 1. The number of ketones is 1. The van der Waals surface area contributed by atoms with Gasteiger partial charge in [0.25, 0.3) is 11.8 Å². The Bertz CT molecular complexity index is 1290. The first-order chi connectivity index (χ1) is 20.2. The summed E-state index contributed by atoms with van der Waals surface area (Å²) in [5.41, 5.74) is 1.45. The molecule has 2 amide bonds. The van der Waals surface area contributed by atoms with Gasteiger partial charge in [0, 0.05) is 63.6 Å². The van der Waals surface area contributed by atoms with Crippen LogP contribution in [0.4, 0.5) is 0 Å². The fraction of sp³-hybridized carbons (Fsp3) is 0.485. The van der Waals surface area contributed by atoms with E-state index in [1.807, 2.05) is 19.1 Å². The Morgan fingerprint density at radius 2 is 1.67 bits per heavy atom. The third-order valence-electron chi connectivity index (χ3n) is 7.90. The molecule has 1 unspecified atom stereocenters. The second-order valence-corrected chi connectivity index (χ2v) is 10.8. The molecule has 2 fully saturated rings. The van der Waals surface area contributed by atoms with Crippen molar-refractivity contribution in [3.05, 3.63) is 70.8 Å². The molecule has 9 nitrogen and oxygen atoms in total. The number of hydrogen-bond acceptors (Lipinski definition) is 7. The van der Waals surface area contributed by atoms with Crippen LogP contribution in [0.25, 0.3) is 0 Å². The summed E-state index contributed by atoms with van der Waals surface area (Å²) in [7, 11) is 2.88. The quantitative estimate of drug-likeness (QED) is 0.325. The van der Waals surface area contributed by atoms with Crippen LogP contribution in [0, 0.1) is 11.8 Å². The molecule has 1 N–H and O–H groups in total. The number of amides is 2. The van der Waals surface area contributed by atoms with E-state index < -0.39 is 29.4 Å². The number of carbonyl (C=O) groups excluding carboxylic acids is 3. The molecular weight excluding hydrogens is 534 g/mol. The summed E-state index contributed by atoms with van der Waals surface area (Å²) in [5.74, 6) is 4.72. The van der Waals surface area contributed by atoms with Crippen LogP contribution in [0.1, 0.15) is 60.2 Å². The average Bonchev–Trinajstić information content (AvgIpc) is 3.01. The van der Waals surface area contributed by atoms with E-state index in [1.54, 1.807) is 24.3 Å². The van der Waals surface area contributed by atoms with Crippen molar-refractivity contribution in [2.75, 3.05) is 47.0 Å². The molecule has 2 aromatic rings. The lowest BCUT2D eigenvalue weighted by Gasteiger charge is -2.38. The molecule has 0 bridgehead atoms. The molecule has 224 valence electrons. The number of nitrogens with zero attached hydrogens (tertiary/aromatic N) is 2. The Morgan fingerprint density at radius 1 is 1.02 bits per heavy atom.